The molecule has 0 spiro atoms. The molecule has 1 nitrogen and oxygen atoms in total. The third-order valence-corrected chi connectivity index (χ3v) is 0.471. The van der Waals surface area contributed by atoms with Gasteiger partial charge in [0.15, 0.2) is 0 Å². The maximum atomic E-state index is 5.17. The average molecular weight is 163 g/mol. The predicted octanol–water partition coefficient (Wildman–Crippen LogP) is 3.68. The second-order valence-electron chi connectivity index (χ2n) is 2.34. The van der Waals surface area contributed by atoms with E-state index >= 15 is 0 Å². The SMILES string of the molecule is C.CC.CC(C)CN.CCC. The Hall–Kier alpha value is -0.0400. The zero-order chi connectivity index (χ0) is 8.99. The highest BCUT2D eigenvalue weighted by Crippen LogP contribution is 1.81. The first-order valence-electron chi connectivity index (χ1n) is 4.39. The summed E-state index contributed by atoms with van der Waals surface area (Å²) in [6, 6.07) is 0. The standard InChI is InChI=1S/C4H11N.C3H8.C2H6.CH4/c1-4(2)3-5;1-3-2;1-2;/h4H,3,5H2,1-2H3;3H2,1-2H3;1-2H3;1H4. The first kappa shape index (κ1) is 22.4. The maximum absolute atomic E-state index is 5.17. The minimum Gasteiger partial charge on any atom is -0.330 e. The fourth-order valence-corrected chi connectivity index (χ4v) is 0. The van der Waals surface area contributed by atoms with Crippen LogP contribution in [0.4, 0.5) is 0 Å². The second kappa shape index (κ2) is 32.5. The van der Waals surface area contributed by atoms with Crippen molar-refractivity contribution in [1.29, 1.82) is 0 Å². The van der Waals surface area contributed by atoms with Crippen LogP contribution in [0, 0.1) is 5.92 Å². The van der Waals surface area contributed by atoms with Gasteiger partial charge in [-0.05, 0) is 12.5 Å². The van der Waals surface area contributed by atoms with Gasteiger partial charge in [-0.25, -0.2) is 0 Å². The van der Waals surface area contributed by atoms with Crippen LogP contribution >= 0.6 is 0 Å². The lowest BCUT2D eigenvalue weighted by molar-refractivity contribution is 0.664. The summed E-state index contributed by atoms with van der Waals surface area (Å²) in [6.45, 7) is 13.2. The summed E-state index contributed by atoms with van der Waals surface area (Å²) in [5, 5.41) is 0. The average Bonchev–Trinajstić information content (AvgIpc) is 1.94. The van der Waals surface area contributed by atoms with Crippen molar-refractivity contribution < 1.29 is 0 Å². The van der Waals surface area contributed by atoms with E-state index < -0.39 is 0 Å². The highest BCUT2D eigenvalue weighted by Gasteiger charge is 1.80. The molecule has 0 aromatic rings. The van der Waals surface area contributed by atoms with E-state index in [0.29, 0.717) is 5.92 Å². The van der Waals surface area contributed by atoms with Gasteiger partial charge in [-0.3, -0.25) is 0 Å². The molecule has 0 aliphatic heterocycles. The van der Waals surface area contributed by atoms with Gasteiger partial charge >= 0.3 is 0 Å². The molecule has 0 aromatic carbocycles. The van der Waals surface area contributed by atoms with Crippen LogP contribution in [-0.2, 0) is 0 Å². The molecule has 0 saturated heterocycles. The third kappa shape index (κ3) is 164. The quantitative estimate of drug-likeness (QED) is 0.627. The van der Waals surface area contributed by atoms with E-state index in [0.717, 1.165) is 6.54 Å². The van der Waals surface area contributed by atoms with Gasteiger partial charge in [0.25, 0.3) is 0 Å². The van der Waals surface area contributed by atoms with Crippen molar-refractivity contribution in [3.8, 4) is 0 Å². The third-order valence-electron chi connectivity index (χ3n) is 0.471. The van der Waals surface area contributed by atoms with Crippen LogP contribution in [0.2, 0.25) is 0 Å². The molecular weight excluding hydrogens is 134 g/mol. The van der Waals surface area contributed by atoms with Gasteiger partial charge < -0.3 is 5.73 Å². The molecule has 0 saturated carbocycles. The topological polar surface area (TPSA) is 26.0 Å². The van der Waals surface area contributed by atoms with Crippen molar-refractivity contribution in [3.05, 3.63) is 0 Å². The van der Waals surface area contributed by atoms with Gasteiger partial charge in [-0.1, -0.05) is 55.4 Å². The zero-order valence-corrected chi connectivity index (χ0v) is 8.57. The molecule has 0 radical (unpaired) electrons. The molecule has 0 amide bonds. The van der Waals surface area contributed by atoms with Gasteiger partial charge in [0, 0.05) is 0 Å². The van der Waals surface area contributed by atoms with E-state index in [1.807, 2.05) is 13.8 Å². The number of hydrogen-bond donors (Lipinski definition) is 1. The Morgan fingerprint density at radius 1 is 1.09 bits per heavy atom. The van der Waals surface area contributed by atoms with E-state index in [1.54, 1.807) is 0 Å². The van der Waals surface area contributed by atoms with Crippen LogP contribution in [0.3, 0.4) is 0 Å². The lowest BCUT2D eigenvalue weighted by Gasteiger charge is -1.91. The van der Waals surface area contributed by atoms with E-state index in [9.17, 15) is 0 Å². The fourth-order valence-electron chi connectivity index (χ4n) is 0. The first-order chi connectivity index (χ1) is 4.68. The van der Waals surface area contributed by atoms with Crippen molar-refractivity contribution in [1.82, 2.24) is 0 Å². The highest BCUT2D eigenvalue weighted by atomic mass is 14.5. The molecule has 0 bridgehead atoms. The van der Waals surface area contributed by atoms with Crippen molar-refractivity contribution in [2.75, 3.05) is 6.54 Å². The van der Waals surface area contributed by atoms with Crippen molar-refractivity contribution in [2.24, 2.45) is 11.7 Å². The van der Waals surface area contributed by atoms with E-state index in [-0.39, 0.29) is 7.43 Å². The molecular formula is C10H29N. The molecule has 0 heterocycles. The van der Waals surface area contributed by atoms with Crippen molar-refractivity contribution in [2.45, 2.75) is 55.4 Å². The van der Waals surface area contributed by atoms with Gasteiger partial charge in [-0.2, -0.15) is 0 Å². The van der Waals surface area contributed by atoms with Crippen LogP contribution in [0.15, 0.2) is 0 Å². The minimum atomic E-state index is 0. The zero-order valence-electron chi connectivity index (χ0n) is 8.57. The van der Waals surface area contributed by atoms with Gasteiger partial charge in [0.05, 0.1) is 0 Å². The lowest BCUT2D eigenvalue weighted by Crippen LogP contribution is -2.05. The molecule has 74 valence electrons. The van der Waals surface area contributed by atoms with E-state index in [1.165, 1.54) is 6.42 Å². The summed E-state index contributed by atoms with van der Waals surface area (Å²) in [6.07, 6.45) is 1.25. The van der Waals surface area contributed by atoms with Gasteiger partial charge in [0.2, 0.25) is 0 Å². The van der Waals surface area contributed by atoms with Crippen molar-refractivity contribution >= 4 is 0 Å². The number of nitrogens with two attached hydrogens (primary N) is 1. The molecule has 1 heteroatoms. The normalized spacial score (nSPS) is 6.55. The predicted molar refractivity (Wildman–Crippen MR) is 57.9 cm³/mol. The molecule has 0 aromatic heterocycles. The molecule has 0 rings (SSSR count). The number of hydrogen-bond acceptors (Lipinski definition) is 1. The summed E-state index contributed by atoms with van der Waals surface area (Å²) in [5.41, 5.74) is 5.17. The summed E-state index contributed by atoms with van der Waals surface area (Å²) >= 11 is 0. The first-order valence-corrected chi connectivity index (χ1v) is 4.39. The Balaban J connectivity index is -0.0000000360. The number of rotatable bonds is 1. The Kier molecular flexibility index (Phi) is 66.3. The Labute approximate surface area is 74.4 Å². The van der Waals surface area contributed by atoms with E-state index in [4.69, 9.17) is 5.73 Å². The molecule has 0 fully saturated rings. The minimum absolute atomic E-state index is 0. The maximum Gasteiger partial charge on any atom is -0.00541 e. The Morgan fingerprint density at radius 2 is 1.18 bits per heavy atom. The molecule has 0 unspecified atom stereocenters. The Bertz CT molecular complexity index is 26.1. The monoisotopic (exact) mass is 163 g/mol. The fraction of sp³-hybridized carbons (Fsp3) is 1.00. The lowest BCUT2D eigenvalue weighted by atomic mass is 10.2. The van der Waals surface area contributed by atoms with Crippen molar-refractivity contribution in [3.63, 3.8) is 0 Å². The summed E-state index contributed by atoms with van der Waals surface area (Å²) in [7, 11) is 0. The van der Waals surface area contributed by atoms with Crippen LogP contribution in [0.1, 0.15) is 55.4 Å². The molecule has 11 heavy (non-hydrogen) atoms. The summed E-state index contributed by atoms with van der Waals surface area (Å²) in [4.78, 5) is 0. The van der Waals surface area contributed by atoms with Crippen LogP contribution in [0.5, 0.6) is 0 Å². The van der Waals surface area contributed by atoms with E-state index in [2.05, 4.69) is 27.7 Å². The molecule has 2 N–H and O–H groups in total. The smallest absolute Gasteiger partial charge is 0.00541 e. The summed E-state index contributed by atoms with van der Waals surface area (Å²) in [5.74, 6) is 0.662. The molecule has 0 aliphatic carbocycles. The van der Waals surface area contributed by atoms with Gasteiger partial charge in [-0.15, -0.1) is 0 Å². The molecule has 0 atom stereocenters. The van der Waals surface area contributed by atoms with Gasteiger partial charge in [0.1, 0.15) is 0 Å². The van der Waals surface area contributed by atoms with Crippen LogP contribution in [0.25, 0.3) is 0 Å². The Morgan fingerprint density at radius 3 is 1.18 bits per heavy atom. The van der Waals surface area contributed by atoms with Crippen LogP contribution in [-0.4, -0.2) is 6.54 Å². The summed E-state index contributed by atoms with van der Waals surface area (Å²) < 4.78 is 0. The highest BCUT2D eigenvalue weighted by molar-refractivity contribution is 4.38. The largest absolute Gasteiger partial charge is 0.330 e. The van der Waals surface area contributed by atoms with Crippen LogP contribution < -0.4 is 5.73 Å². The second-order valence-corrected chi connectivity index (χ2v) is 2.34. The molecule has 0 aliphatic rings.